The lowest BCUT2D eigenvalue weighted by Gasteiger charge is -2.27. The van der Waals surface area contributed by atoms with E-state index in [2.05, 4.69) is 4.74 Å². The van der Waals surface area contributed by atoms with Crippen molar-refractivity contribution in [1.82, 2.24) is 0 Å². The van der Waals surface area contributed by atoms with E-state index < -0.39 is 17.6 Å². The number of hydrogen-bond donors (Lipinski definition) is 0. The molecule has 0 aliphatic heterocycles. The maximum Gasteiger partial charge on any atom is 0.314 e. The molecule has 0 N–H and O–H groups in total. The average molecular weight is 176 g/mol. The Labute approximate surface area is 73.1 Å². The molecule has 0 fully saturated rings. The van der Waals surface area contributed by atoms with Crippen LogP contribution in [0.2, 0.25) is 0 Å². The van der Waals surface area contributed by atoms with Crippen LogP contribution in [0, 0.1) is 5.41 Å². The van der Waals surface area contributed by atoms with Crippen molar-refractivity contribution in [3.05, 3.63) is 0 Å². The summed E-state index contributed by atoms with van der Waals surface area (Å²) in [7, 11) is 1.29. The molecule has 0 rings (SSSR count). The lowest BCUT2D eigenvalue weighted by Crippen LogP contribution is -2.36. The third-order valence-electron chi connectivity index (χ3n) is 2.30. The maximum atomic E-state index is 13.1. The van der Waals surface area contributed by atoms with E-state index in [9.17, 15) is 9.18 Å². The third kappa shape index (κ3) is 2.19. The van der Waals surface area contributed by atoms with Gasteiger partial charge in [-0.05, 0) is 20.3 Å². The molecule has 72 valence electrons. The molecule has 0 aromatic heterocycles. The zero-order valence-corrected chi connectivity index (χ0v) is 8.19. The lowest BCUT2D eigenvalue weighted by atomic mass is 9.81. The van der Waals surface area contributed by atoms with Gasteiger partial charge >= 0.3 is 5.97 Å². The third-order valence-corrected chi connectivity index (χ3v) is 2.30. The van der Waals surface area contributed by atoms with Gasteiger partial charge < -0.3 is 4.74 Å². The van der Waals surface area contributed by atoms with Gasteiger partial charge in [0.1, 0.15) is 6.17 Å². The van der Waals surface area contributed by atoms with Crippen molar-refractivity contribution < 1.29 is 13.9 Å². The highest BCUT2D eigenvalue weighted by molar-refractivity contribution is 5.76. The van der Waals surface area contributed by atoms with E-state index >= 15 is 0 Å². The number of methoxy groups -OCH3 is 1. The van der Waals surface area contributed by atoms with Crippen LogP contribution in [-0.2, 0) is 9.53 Å². The molecule has 0 aliphatic carbocycles. The maximum absolute atomic E-state index is 13.1. The van der Waals surface area contributed by atoms with Gasteiger partial charge in [0, 0.05) is 0 Å². The minimum Gasteiger partial charge on any atom is -0.469 e. The zero-order chi connectivity index (χ0) is 9.78. The first kappa shape index (κ1) is 11.4. The number of alkyl halides is 1. The molecule has 2 unspecified atom stereocenters. The van der Waals surface area contributed by atoms with Crippen molar-refractivity contribution in [3.8, 4) is 0 Å². The number of carbonyl (C=O) groups is 1. The van der Waals surface area contributed by atoms with E-state index in [-0.39, 0.29) is 0 Å². The SMILES string of the molecule is CCCC(C)(C(=O)OC)C(C)F. The van der Waals surface area contributed by atoms with Crippen LogP contribution in [0.4, 0.5) is 4.39 Å². The average Bonchev–Trinajstić information content (AvgIpc) is 2.03. The van der Waals surface area contributed by atoms with Crippen LogP contribution < -0.4 is 0 Å². The predicted molar refractivity (Wildman–Crippen MR) is 45.6 cm³/mol. The molecule has 12 heavy (non-hydrogen) atoms. The lowest BCUT2D eigenvalue weighted by molar-refractivity contribution is -0.156. The Hall–Kier alpha value is -0.600. The summed E-state index contributed by atoms with van der Waals surface area (Å²) in [6.45, 7) is 4.92. The molecule has 0 spiro atoms. The number of esters is 1. The molecule has 3 heteroatoms. The summed E-state index contributed by atoms with van der Waals surface area (Å²) in [5, 5.41) is 0. The topological polar surface area (TPSA) is 26.3 Å². The van der Waals surface area contributed by atoms with Crippen LogP contribution in [0.3, 0.4) is 0 Å². The Bertz CT molecular complexity index is 157. The van der Waals surface area contributed by atoms with Crippen LogP contribution in [0.25, 0.3) is 0 Å². The number of halogens is 1. The van der Waals surface area contributed by atoms with E-state index in [1.807, 2.05) is 6.92 Å². The Morgan fingerprint density at radius 2 is 2.17 bits per heavy atom. The number of rotatable bonds is 4. The summed E-state index contributed by atoms with van der Waals surface area (Å²) in [6.07, 6.45) is 0.141. The van der Waals surface area contributed by atoms with E-state index in [0.717, 1.165) is 6.42 Å². The van der Waals surface area contributed by atoms with Gasteiger partial charge in [0.05, 0.1) is 12.5 Å². The molecule has 0 radical (unpaired) electrons. The number of hydrogen-bond acceptors (Lipinski definition) is 2. The number of carbonyl (C=O) groups excluding carboxylic acids is 1. The second kappa shape index (κ2) is 4.43. The number of ether oxygens (including phenoxy) is 1. The summed E-state index contributed by atoms with van der Waals surface area (Å²) >= 11 is 0. The molecule has 0 aromatic carbocycles. The summed E-state index contributed by atoms with van der Waals surface area (Å²) < 4.78 is 17.6. The normalized spacial score (nSPS) is 18.1. The molecule has 0 aromatic rings. The van der Waals surface area contributed by atoms with Crippen molar-refractivity contribution >= 4 is 5.97 Å². The van der Waals surface area contributed by atoms with Gasteiger partial charge in [-0.15, -0.1) is 0 Å². The minimum absolute atomic E-state index is 0.459. The van der Waals surface area contributed by atoms with Crippen molar-refractivity contribution in [2.75, 3.05) is 7.11 Å². The highest BCUT2D eigenvalue weighted by Crippen LogP contribution is 2.31. The minimum atomic E-state index is -1.16. The van der Waals surface area contributed by atoms with Crippen molar-refractivity contribution in [3.63, 3.8) is 0 Å². The Balaban J connectivity index is 4.49. The van der Waals surface area contributed by atoms with Gasteiger partial charge in [0.2, 0.25) is 0 Å². The van der Waals surface area contributed by atoms with Gasteiger partial charge in [0.15, 0.2) is 0 Å². The molecule has 0 heterocycles. The smallest absolute Gasteiger partial charge is 0.314 e. The van der Waals surface area contributed by atoms with Crippen molar-refractivity contribution in [2.24, 2.45) is 5.41 Å². The highest BCUT2D eigenvalue weighted by atomic mass is 19.1. The van der Waals surface area contributed by atoms with Crippen LogP contribution in [0.1, 0.15) is 33.6 Å². The van der Waals surface area contributed by atoms with Gasteiger partial charge in [-0.3, -0.25) is 4.79 Å². The molecule has 0 amide bonds. The Morgan fingerprint density at radius 3 is 2.42 bits per heavy atom. The Kier molecular flexibility index (Phi) is 4.21. The molecular weight excluding hydrogens is 159 g/mol. The van der Waals surface area contributed by atoms with Crippen molar-refractivity contribution in [1.29, 1.82) is 0 Å². The Morgan fingerprint density at radius 1 is 1.67 bits per heavy atom. The molecular formula is C9H17FO2. The van der Waals surface area contributed by atoms with Crippen LogP contribution >= 0.6 is 0 Å². The largest absolute Gasteiger partial charge is 0.469 e. The fourth-order valence-electron chi connectivity index (χ4n) is 1.22. The summed E-state index contributed by atoms with van der Waals surface area (Å²) in [4.78, 5) is 11.2. The zero-order valence-electron chi connectivity index (χ0n) is 8.19. The molecule has 2 nitrogen and oxygen atoms in total. The molecule has 0 bridgehead atoms. The van der Waals surface area contributed by atoms with Gasteiger partial charge in [-0.1, -0.05) is 13.3 Å². The second-order valence-corrected chi connectivity index (χ2v) is 3.28. The van der Waals surface area contributed by atoms with E-state index in [1.54, 1.807) is 6.92 Å². The standard InChI is InChI=1S/C9H17FO2/c1-5-6-9(3,7(2)10)8(11)12-4/h7H,5-6H2,1-4H3. The summed E-state index contributed by atoms with van der Waals surface area (Å²) in [6, 6.07) is 0. The first-order valence-electron chi connectivity index (χ1n) is 4.21. The predicted octanol–water partition coefficient (Wildman–Crippen LogP) is 2.32. The fraction of sp³-hybridized carbons (Fsp3) is 0.889. The quantitative estimate of drug-likeness (QED) is 0.614. The first-order valence-corrected chi connectivity index (χ1v) is 4.21. The summed E-state index contributed by atoms with van der Waals surface area (Å²) in [5.41, 5.74) is -0.969. The monoisotopic (exact) mass is 176 g/mol. The van der Waals surface area contributed by atoms with E-state index in [1.165, 1.54) is 14.0 Å². The molecule has 2 atom stereocenters. The van der Waals surface area contributed by atoms with Gasteiger partial charge in [-0.25, -0.2) is 4.39 Å². The van der Waals surface area contributed by atoms with Crippen LogP contribution in [-0.4, -0.2) is 19.3 Å². The van der Waals surface area contributed by atoms with E-state index in [0.29, 0.717) is 6.42 Å². The van der Waals surface area contributed by atoms with Crippen LogP contribution in [0.15, 0.2) is 0 Å². The first-order chi connectivity index (χ1) is 5.49. The molecule has 0 saturated heterocycles. The summed E-state index contributed by atoms with van der Waals surface area (Å²) in [5.74, 6) is -0.459. The van der Waals surface area contributed by atoms with Crippen molar-refractivity contribution in [2.45, 2.75) is 39.8 Å². The molecule has 0 aliphatic rings. The molecule has 0 saturated carbocycles. The highest BCUT2D eigenvalue weighted by Gasteiger charge is 2.39. The fourth-order valence-corrected chi connectivity index (χ4v) is 1.22. The second-order valence-electron chi connectivity index (χ2n) is 3.28. The van der Waals surface area contributed by atoms with Crippen LogP contribution in [0.5, 0.6) is 0 Å². The van der Waals surface area contributed by atoms with Gasteiger partial charge in [-0.2, -0.15) is 0 Å². The van der Waals surface area contributed by atoms with E-state index in [4.69, 9.17) is 0 Å². The van der Waals surface area contributed by atoms with Gasteiger partial charge in [0.25, 0.3) is 0 Å².